The minimum Gasteiger partial charge on any atom is -0.479 e. The summed E-state index contributed by atoms with van der Waals surface area (Å²) in [5.74, 6) is -0.729. The lowest BCUT2D eigenvalue weighted by atomic mass is 10.1. The van der Waals surface area contributed by atoms with E-state index in [0.29, 0.717) is 26.4 Å². The summed E-state index contributed by atoms with van der Waals surface area (Å²) in [5.41, 5.74) is 3.83. The number of nitrogens with one attached hydrogen (secondary N) is 2. The molecule has 0 radical (unpaired) electrons. The van der Waals surface area contributed by atoms with Crippen LogP contribution in [0.5, 0.6) is 5.75 Å². The quantitative estimate of drug-likeness (QED) is 0.254. The van der Waals surface area contributed by atoms with Gasteiger partial charge in [0.05, 0.1) is 21.3 Å². The van der Waals surface area contributed by atoms with Crippen molar-refractivity contribution in [3.8, 4) is 5.75 Å². The van der Waals surface area contributed by atoms with Gasteiger partial charge in [-0.05, 0) is 36.8 Å². The smallest absolute Gasteiger partial charge is 0.262 e. The van der Waals surface area contributed by atoms with Crippen molar-refractivity contribution >= 4 is 64.4 Å². The molecule has 0 fully saturated rings. The molecule has 0 spiro atoms. The summed E-state index contributed by atoms with van der Waals surface area (Å²) >= 11 is 24.2. The minimum atomic E-state index is -0.937. The van der Waals surface area contributed by atoms with Crippen LogP contribution in [0.25, 0.3) is 0 Å². The summed E-state index contributed by atoms with van der Waals surface area (Å²) in [6.07, 6.45) is 0.677. The first-order valence-electron chi connectivity index (χ1n) is 10.5. The van der Waals surface area contributed by atoms with E-state index < -0.39 is 24.0 Å². The Morgan fingerprint density at radius 1 is 0.943 bits per heavy atom. The summed E-state index contributed by atoms with van der Waals surface area (Å²) < 4.78 is 5.66. The van der Waals surface area contributed by atoms with Crippen LogP contribution in [0.15, 0.2) is 71.8 Å². The first kappa shape index (κ1) is 26.8. The van der Waals surface area contributed by atoms with E-state index in [2.05, 4.69) is 15.8 Å². The zero-order valence-corrected chi connectivity index (χ0v) is 21.5. The van der Waals surface area contributed by atoms with Crippen molar-refractivity contribution in [2.24, 2.45) is 5.10 Å². The van der Waals surface area contributed by atoms with E-state index in [-0.39, 0.29) is 11.4 Å². The van der Waals surface area contributed by atoms with Crippen LogP contribution in [0, 0.1) is 0 Å². The number of hydrogen-bond donors (Lipinski definition) is 2. The SMILES string of the molecule is C[C@@H](Oc1ccc(Cl)cc1Cl)C(=O)N[C@H](Cc1ccccc1)C(=O)N/N=C\c1cccc(Cl)c1Cl. The van der Waals surface area contributed by atoms with Crippen molar-refractivity contribution in [3.05, 3.63) is 97.9 Å². The van der Waals surface area contributed by atoms with Crippen LogP contribution in [0.2, 0.25) is 20.1 Å². The van der Waals surface area contributed by atoms with Crippen molar-refractivity contribution < 1.29 is 14.3 Å². The van der Waals surface area contributed by atoms with Gasteiger partial charge in [-0.3, -0.25) is 9.59 Å². The second-order valence-corrected chi connectivity index (χ2v) is 9.09. The average Bonchev–Trinajstić information content (AvgIpc) is 2.83. The van der Waals surface area contributed by atoms with Crippen LogP contribution in [-0.2, 0) is 16.0 Å². The molecule has 0 aliphatic rings. The van der Waals surface area contributed by atoms with Crippen LogP contribution in [0.4, 0.5) is 0 Å². The maximum absolute atomic E-state index is 12.9. The Morgan fingerprint density at radius 3 is 2.40 bits per heavy atom. The van der Waals surface area contributed by atoms with Gasteiger partial charge in [0.25, 0.3) is 11.8 Å². The summed E-state index contributed by atoms with van der Waals surface area (Å²) in [6, 6.07) is 18.1. The van der Waals surface area contributed by atoms with Gasteiger partial charge in [0.2, 0.25) is 0 Å². The number of halogens is 4. The summed E-state index contributed by atoms with van der Waals surface area (Å²) in [4.78, 5) is 25.8. The van der Waals surface area contributed by atoms with Crippen LogP contribution < -0.4 is 15.5 Å². The summed E-state index contributed by atoms with van der Waals surface area (Å²) in [6.45, 7) is 1.55. The van der Waals surface area contributed by atoms with Gasteiger partial charge < -0.3 is 10.1 Å². The number of amides is 2. The minimum absolute atomic E-state index is 0.236. The van der Waals surface area contributed by atoms with Gasteiger partial charge in [-0.1, -0.05) is 88.9 Å². The van der Waals surface area contributed by atoms with E-state index in [9.17, 15) is 9.59 Å². The third-order valence-electron chi connectivity index (χ3n) is 4.84. The van der Waals surface area contributed by atoms with Crippen molar-refractivity contribution in [1.82, 2.24) is 10.7 Å². The fraction of sp³-hybridized carbons (Fsp3) is 0.160. The largest absolute Gasteiger partial charge is 0.479 e. The molecule has 0 saturated carbocycles. The third kappa shape index (κ3) is 7.87. The Kier molecular flexibility index (Phi) is 9.81. The number of rotatable bonds is 9. The fourth-order valence-corrected chi connectivity index (χ4v) is 3.84. The summed E-state index contributed by atoms with van der Waals surface area (Å²) in [7, 11) is 0. The molecule has 10 heteroatoms. The maximum atomic E-state index is 12.9. The van der Waals surface area contributed by atoms with Gasteiger partial charge in [0.1, 0.15) is 11.8 Å². The molecule has 0 aliphatic carbocycles. The molecule has 0 bridgehead atoms. The molecule has 0 unspecified atom stereocenters. The number of hydrogen-bond acceptors (Lipinski definition) is 4. The number of carbonyl (C=O) groups is 2. The highest BCUT2D eigenvalue weighted by Gasteiger charge is 2.25. The van der Waals surface area contributed by atoms with E-state index in [1.54, 1.807) is 37.3 Å². The Balaban J connectivity index is 1.70. The van der Waals surface area contributed by atoms with Gasteiger partial charge in [-0.2, -0.15) is 5.10 Å². The van der Waals surface area contributed by atoms with Crippen molar-refractivity contribution in [3.63, 3.8) is 0 Å². The molecule has 2 atom stereocenters. The molecular weight excluding hydrogens is 532 g/mol. The molecule has 0 saturated heterocycles. The average molecular weight is 553 g/mol. The van der Waals surface area contributed by atoms with Gasteiger partial charge >= 0.3 is 0 Å². The molecule has 182 valence electrons. The van der Waals surface area contributed by atoms with E-state index in [1.165, 1.54) is 12.3 Å². The highest BCUT2D eigenvalue weighted by Crippen LogP contribution is 2.28. The second kappa shape index (κ2) is 12.8. The molecule has 3 aromatic carbocycles. The van der Waals surface area contributed by atoms with Crippen molar-refractivity contribution in [2.75, 3.05) is 0 Å². The Hall–Kier alpha value is -2.77. The van der Waals surface area contributed by atoms with Gasteiger partial charge in [-0.25, -0.2) is 5.43 Å². The first-order valence-corrected chi connectivity index (χ1v) is 12.0. The molecule has 0 aliphatic heterocycles. The molecule has 6 nitrogen and oxygen atoms in total. The monoisotopic (exact) mass is 551 g/mol. The predicted octanol–water partition coefficient (Wildman–Crippen LogP) is 5.95. The second-order valence-electron chi connectivity index (χ2n) is 7.46. The highest BCUT2D eigenvalue weighted by molar-refractivity contribution is 6.43. The molecule has 0 heterocycles. The topological polar surface area (TPSA) is 79.8 Å². The lowest BCUT2D eigenvalue weighted by Gasteiger charge is -2.21. The Morgan fingerprint density at radius 2 is 1.69 bits per heavy atom. The molecule has 3 rings (SSSR count). The number of carbonyl (C=O) groups excluding carboxylic acids is 2. The van der Waals surface area contributed by atoms with Crippen molar-refractivity contribution in [1.29, 1.82) is 0 Å². The lowest BCUT2D eigenvalue weighted by Crippen LogP contribution is -2.50. The number of hydrazone groups is 1. The first-order chi connectivity index (χ1) is 16.7. The highest BCUT2D eigenvalue weighted by atomic mass is 35.5. The number of benzene rings is 3. The van der Waals surface area contributed by atoms with Gasteiger partial charge in [0, 0.05) is 17.0 Å². The fourth-order valence-electron chi connectivity index (χ4n) is 3.03. The van der Waals surface area contributed by atoms with E-state index in [1.807, 2.05) is 30.3 Å². The van der Waals surface area contributed by atoms with Crippen molar-refractivity contribution in [2.45, 2.75) is 25.5 Å². The normalized spacial score (nSPS) is 12.7. The molecule has 2 N–H and O–H groups in total. The number of nitrogens with zero attached hydrogens (tertiary/aromatic N) is 1. The third-order valence-corrected chi connectivity index (χ3v) is 6.21. The van der Waals surface area contributed by atoms with Gasteiger partial charge in [-0.15, -0.1) is 0 Å². The zero-order chi connectivity index (χ0) is 25.4. The van der Waals surface area contributed by atoms with Crippen LogP contribution >= 0.6 is 46.4 Å². The number of ether oxygens (including phenoxy) is 1. The Bertz CT molecular complexity index is 1220. The molecule has 2 amide bonds. The van der Waals surface area contributed by atoms with E-state index in [0.717, 1.165) is 5.56 Å². The van der Waals surface area contributed by atoms with Gasteiger partial charge in [0.15, 0.2) is 6.10 Å². The predicted molar refractivity (Wildman–Crippen MR) is 141 cm³/mol. The van der Waals surface area contributed by atoms with Crippen LogP contribution in [0.3, 0.4) is 0 Å². The van der Waals surface area contributed by atoms with Crippen LogP contribution in [0.1, 0.15) is 18.1 Å². The summed E-state index contributed by atoms with van der Waals surface area (Å²) in [5, 5.41) is 8.08. The standard InChI is InChI=1S/C25H21Cl4N3O3/c1-15(35-22-11-10-18(26)13-20(22)28)24(33)31-21(12-16-6-3-2-4-7-16)25(34)32-30-14-17-8-5-9-19(27)23(17)29/h2-11,13-15,21H,12H2,1H3,(H,31,33)(H,32,34)/b30-14-/t15-,21-/m1/s1. The molecule has 3 aromatic rings. The maximum Gasteiger partial charge on any atom is 0.262 e. The lowest BCUT2D eigenvalue weighted by molar-refractivity contribution is -0.132. The van der Waals surface area contributed by atoms with E-state index >= 15 is 0 Å². The molecular formula is C25H21Cl4N3O3. The van der Waals surface area contributed by atoms with E-state index in [4.69, 9.17) is 51.1 Å². The van der Waals surface area contributed by atoms with Crippen LogP contribution in [-0.4, -0.2) is 30.2 Å². The zero-order valence-electron chi connectivity index (χ0n) is 18.5. The molecule has 0 aromatic heterocycles. The molecule has 35 heavy (non-hydrogen) atoms. The Labute approximate surface area is 223 Å².